The van der Waals surface area contributed by atoms with Gasteiger partial charge in [-0.3, -0.25) is 9.59 Å². The van der Waals surface area contributed by atoms with Crippen LogP contribution in [0.2, 0.25) is 5.02 Å². The van der Waals surface area contributed by atoms with Gasteiger partial charge in [-0.05, 0) is 76.9 Å². The molecule has 41 heavy (non-hydrogen) atoms. The number of carbonyl (C=O) groups excluding carboxylic acids is 2. The fourth-order valence-electron chi connectivity index (χ4n) is 5.00. The number of ether oxygens (including phenoxy) is 3. The third-order valence-electron chi connectivity index (χ3n) is 7.09. The van der Waals surface area contributed by atoms with Gasteiger partial charge >= 0.3 is 0 Å². The number of hydrogen-bond donors (Lipinski definition) is 4. The van der Waals surface area contributed by atoms with Gasteiger partial charge in [0.2, 0.25) is 5.91 Å². The molecule has 2 aromatic rings. The van der Waals surface area contributed by atoms with Crippen LogP contribution in [-0.2, 0) is 27.5 Å². The van der Waals surface area contributed by atoms with Gasteiger partial charge in [0, 0.05) is 36.7 Å². The highest BCUT2D eigenvalue weighted by Gasteiger charge is 2.43. The van der Waals surface area contributed by atoms with Gasteiger partial charge in [-0.25, -0.2) is 0 Å². The lowest BCUT2D eigenvalue weighted by Gasteiger charge is -2.41. The van der Waals surface area contributed by atoms with E-state index in [4.69, 9.17) is 25.8 Å². The van der Waals surface area contributed by atoms with Crippen molar-refractivity contribution in [1.82, 2.24) is 10.2 Å². The topological polar surface area (TPSA) is 138 Å². The number of nitrogens with one attached hydrogen (secondary N) is 1. The minimum atomic E-state index is -1.22. The summed E-state index contributed by atoms with van der Waals surface area (Å²) in [7, 11) is 1.47. The van der Waals surface area contributed by atoms with Crippen LogP contribution >= 0.6 is 34.2 Å². The Morgan fingerprint density at radius 1 is 1.20 bits per heavy atom. The van der Waals surface area contributed by atoms with Crippen molar-refractivity contribution in [2.75, 3.05) is 26.9 Å². The number of amides is 2. The van der Waals surface area contributed by atoms with Crippen molar-refractivity contribution >= 4 is 46.0 Å². The molecule has 1 aliphatic heterocycles. The van der Waals surface area contributed by atoms with Crippen molar-refractivity contribution in [3.05, 3.63) is 67.8 Å². The Bertz CT molecular complexity index is 1250. The molecule has 1 heterocycles. The van der Waals surface area contributed by atoms with Crippen molar-refractivity contribution in [1.29, 1.82) is 0 Å². The van der Waals surface area contributed by atoms with Crippen LogP contribution in [0.1, 0.15) is 30.4 Å². The van der Waals surface area contributed by atoms with E-state index in [9.17, 15) is 24.9 Å². The van der Waals surface area contributed by atoms with Gasteiger partial charge in [0.05, 0.1) is 29.9 Å². The molecule has 0 radical (unpaired) electrons. The highest BCUT2D eigenvalue weighted by Crippen LogP contribution is 2.37. The standard InChI is InChI=1S/C29H34ClIN2O8/c1-39-25-12-18(16-35)11-21(31)27(25)41-24-14-19(28(37)32-8-9-34)13-22(26(24)36)33(29(38)23-3-2-10-40-23)15-17-4-6-20(30)7-5-17/h4-7,11-12,14,22-24,26,34-36H,2-3,8-10,13,15-16H2,1H3,(H,32,37). The number of carbonyl (C=O) groups is 2. The van der Waals surface area contributed by atoms with Crippen molar-refractivity contribution in [2.45, 2.75) is 56.8 Å². The van der Waals surface area contributed by atoms with Crippen molar-refractivity contribution in [3.8, 4) is 11.5 Å². The van der Waals surface area contributed by atoms with Gasteiger partial charge in [0.15, 0.2) is 11.5 Å². The molecule has 222 valence electrons. The summed E-state index contributed by atoms with van der Waals surface area (Å²) in [6.45, 7) is 0.244. The van der Waals surface area contributed by atoms with E-state index in [1.54, 1.807) is 35.2 Å². The van der Waals surface area contributed by atoms with E-state index in [0.717, 1.165) is 12.0 Å². The summed E-state index contributed by atoms with van der Waals surface area (Å²) in [6.07, 6.45) is 0.00323. The Kier molecular flexibility index (Phi) is 11.3. The van der Waals surface area contributed by atoms with E-state index in [1.165, 1.54) is 7.11 Å². The molecule has 2 amide bonds. The van der Waals surface area contributed by atoms with Crippen molar-refractivity contribution in [2.24, 2.45) is 0 Å². The molecule has 1 aliphatic carbocycles. The molecule has 2 aliphatic rings. The number of rotatable bonds is 11. The first-order valence-corrected chi connectivity index (χ1v) is 14.8. The zero-order valence-electron chi connectivity index (χ0n) is 22.6. The monoisotopic (exact) mass is 700 g/mol. The van der Waals surface area contributed by atoms with Gasteiger partial charge in [0.1, 0.15) is 18.3 Å². The fraction of sp³-hybridized carbons (Fsp3) is 0.448. The van der Waals surface area contributed by atoms with Gasteiger partial charge in [0.25, 0.3) is 5.91 Å². The lowest BCUT2D eigenvalue weighted by Crippen LogP contribution is -2.56. The highest BCUT2D eigenvalue weighted by molar-refractivity contribution is 14.1. The quantitative estimate of drug-likeness (QED) is 0.263. The second kappa shape index (κ2) is 14.7. The minimum absolute atomic E-state index is 0.0482. The van der Waals surface area contributed by atoms with Crippen LogP contribution in [0.5, 0.6) is 11.5 Å². The molecule has 4 atom stereocenters. The Labute approximate surface area is 257 Å². The smallest absolute Gasteiger partial charge is 0.252 e. The summed E-state index contributed by atoms with van der Waals surface area (Å²) < 4.78 is 18.1. The number of aliphatic hydroxyl groups is 3. The number of aliphatic hydroxyl groups excluding tert-OH is 3. The normalized spacial score (nSPS) is 22.1. The Morgan fingerprint density at radius 3 is 2.59 bits per heavy atom. The molecule has 0 spiro atoms. The van der Waals surface area contributed by atoms with Gasteiger partial charge in [-0.1, -0.05) is 23.7 Å². The maximum absolute atomic E-state index is 13.8. The predicted octanol–water partition coefficient (Wildman–Crippen LogP) is 2.57. The largest absolute Gasteiger partial charge is 0.493 e. The first-order chi connectivity index (χ1) is 19.7. The van der Waals surface area contributed by atoms with Crippen LogP contribution < -0.4 is 14.8 Å². The lowest BCUT2D eigenvalue weighted by atomic mass is 9.87. The van der Waals surface area contributed by atoms with Crippen LogP contribution in [0.25, 0.3) is 0 Å². The fourth-order valence-corrected chi connectivity index (χ4v) is 5.92. The summed E-state index contributed by atoms with van der Waals surface area (Å²) in [6, 6.07) is 9.60. The summed E-state index contributed by atoms with van der Waals surface area (Å²) in [5.74, 6) is -0.0333. The molecule has 4 rings (SSSR count). The van der Waals surface area contributed by atoms with E-state index < -0.39 is 30.3 Å². The van der Waals surface area contributed by atoms with Crippen LogP contribution in [0.15, 0.2) is 48.0 Å². The van der Waals surface area contributed by atoms with Gasteiger partial charge < -0.3 is 39.7 Å². The average molecular weight is 701 g/mol. The van der Waals surface area contributed by atoms with Gasteiger partial charge in [-0.15, -0.1) is 0 Å². The minimum Gasteiger partial charge on any atom is -0.493 e. The zero-order valence-corrected chi connectivity index (χ0v) is 25.5. The van der Waals surface area contributed by atoms with E-state index in [0.29, 0.717) is 44.3 Å². The summed E-state index contributed by atoms with van der Waals surface area (Å²) in [5.41, 5.74) is 1.72. The van der Waals surface area contributed by atoms with Crippen LogP contribution in [0.3, 0.4) is 0 Å². The predicted molar refractivity (Wildman–Crippen MR) is 160 cm³/mol. The molecule has 0 bridgehead atoms. The van der Waals surface area contributed by atoms with Crippen LogP contribution in [-0.4, -0.2) is 83.3 Å². The van der Waals surface area contributed by atoms with Crippen LogP contribution in [0.4, 0.5) is 0 Å². The molecule has 0 aromatic heterocycles. The molecule has 0 saturated carbocycles. The number of methoxy groups -OCH3 is 1. The second-order valence-corrected chi connectivity index (χ2v) is 11.5. The van der Waals surface area contributed by atoms with Crippen molar-refractivity contribution < 1.29 is 39.1 Å². The first kappa shape index (κ1) is 31.5. The molecule has 1 fully saturated rings. The average Bonchev–Trinajstić information content (AvgIpc) is 3.52. The number of nitrogens with zero attached hydrogens (tertiary/aromatic N) is 1. The zero-order chi connectivity index (χ0) is 29.5. The third kappa shape index (κ3) is 7.70. The van der Waals surface area contributed by atoms with E-state index in [2.05, 4.69) is 27.9 Å². The number of hydrogen-bond acceptors (Lipinski definition) is 8. The summed E-state index contributed by atoms with van der Waals surface area (Å²) >= 11 is 8.14. The molecule has 2 aromatic carbocycles. The molecular weight excluding hydrogens is 667 g/mol. The molecule has 1 saturated heterocycles. The molecule has 10 nitrogen and oxygen atoms in total. The third-order valence-corrected chi connectivity index (χ3v) is 8.15. The van der Waals surface area contributed by atoms with E-state index in [1.807, 2.05) is 12.1 Å². The molecule has 12 heteroatoms. The summed E-state index contributed by atoms with van der Waals surface area (Å²) in [4.78, 5) is 28.5. The summed E-state index contributed by atoms with van der Waals surface area (Å²) in [5, 5.41) is 33.8. The van der Waals surface area contributed by atoms with E-state index in [-0.39, 0.29) is 38.6 Å². The maximum Gasteiger partial charge on any atom is 0.252 e. The number of halogens is 2. The lowest BCUT2D eigenvalue weighted by molar-refractivity contribution is -0.149. The Hall–Kier alpha value is -2.42. The molecular formula is C29H34ClIN2O8. The molecule has 4 N–H and O–H groups in total. The van der Waals surface area contributed by atoms with Crippen LogP contribution in [0, 0.1) is 3.57 Å². The maximum atomic E-state index is 13.8. The Balaban J connectivity index is 1.72. The van der Waals surface area contributed by atoms with Crippen molar-refractivity contribution in [3.63, 3.8) is 0 Å². The Morgan fingerprint density at radius 2 is 1.95 bits per heavy atom. The van der Waals surface area contributed by atoms with E-state index >= 15 is 0 Å². The highest BCUT2D eigenvalue weighted by atomic mass is 127. The first-order valence-electron chi connectivity index (χ1n) is 13.3. The second-order valence-electron chi connectivity index (χ2n) is 9.88. The number of benzene rings is 2. The van der Waals surface area contributed by atoms with Gasteiger partial charge in [-0.2, -0.15) is 0 Å². The molecule has 4 unspecified atom stereocenters. The SMILES string of the molecule is COc1cc(CO)cc(I)c1OC1C=C(C(=O)NCCO)CC(N(Cc2ccc(Cl)cc2)C(=O)C2CCCO2)C1O.